The standard InChI is InChI=1S/C13H16F3N3O4/c1-8(20)7-18-12(21)4-5-17-10-3-2-9(13(14,15)16)6-11(10)19(22)23/h2-3,6,8,17,20H,4-5,7H2,1H3,(H,18,21). The van der Waals surface area contributed by atoms with Crippen molar-refractivity contribution in [2.75, 3.05) is 18.4 Å². The second-order valence-electron chi connectivity index (χ2n) is 4.82. The van der Waals surface area contributed by atoms with Crippen molar-refractivity contribution in [2.45, 2.75) is 25.6 Å². The predicted molar refractivity (Wildman–Crippen MR) is 75.9 cm³/mol. The van der Waals surface area contributed by atoms with Crippen LogP contribution in [0.5, 0.6) is 0 Å². The van der Waals surface area contributed by atoms with Gasteiger partial charge in [-0.3, -0.25) is 14.9 Å². The van der Waals surface area contributed by atoms with Crippen LogP contribution in [-0.4, -0.2) is 35.1 Å². The molecule has 0 aliphatic heterocycles. The van der Waals surface area contributed by atoms with Crippen LogP contribution in [0, 0.1) is 10.1 Å². The number of nitrogens with one attached hydrogen (secondary N) is 2. The number of carbonyl (C=O) groups is 1. The SMILES string of the molecule is CC(O)CNC(=O)CCNc1ccc(C(F)(F)F)cc1[N+](=O)[O-]. The molecule has 1 amide bonds. The molecule has 7 nitrogen and oxygen atoms in total. The molecule has 0 fully saturated rings. The lowest BCUT2D eigenvalue weighted by molar-refractivity contribution is -0.384. The summed E-state index contributed by atoms with van der Waals surface area (Å²) in [5, 5.41) is 24.8. The van der Waals surface area contributed by atoms with Crippen LogP contribution in [0.4, 0.5) is 24.5 Å². The largest absolute Gasteiger partial charge is 0.416 e. The summed E-state index contributed by atoms with van der Waals surface area (Å²) in [5.74, 6) is -0.395. The Balaban J connectivity index is 2.70. The summed E-state index contributed by atoms with van der Waals surface area (Å²) in [6.07, 6.45) is -5.43. The molecule has 0 bridgehead atoms. The van der Waals surface area contributed by atoms with Gasteiger partial charge in [0.25, 0.3) is 5.69 Å². The molecular formula is C13H16F3N3O4. The van der Waals surface area contributed by atoms with Gasteiger partial charge in [0, 0.05) is 25.6 Å². The first-order valence-corrected chi connectivity index (χ1v) is 6.65. The number of alkyl halides is 3. The number of benzene rings is 1. The Hall–Kier alpha value is -2.36. The Morgan fingerprint density at radius 1 is 1.43 bits per heavy atom. The van der Waals surface area contributed by atoms with Crippen LogP contribution in [-0.2, 0) is 11.0 Å². The van der Waals surface area contributed by atoms with Crippen LogP contribution in [0.1, 0.15) is 18.9 Å². The molecule has 0 spiro atoms. The highest BCUT2D eigenvalue weighted by atomic mass is 19.4. The van der Waals surface area contributed by atoms with Gasteiger partial charge in [-0.15, -0.1) is 0 Å². The number of anilines is 1. The van der Waals surface area contributed by atoms with E-state index in [1.807, 2.05) is 0 Å². The predicted octanol–water partition coefficient (Wildman–Crippen LogP) is 1.91. The topological polar surface area (TPSA) is 104 Å². The van der Waals surface area contributed by atoms with Crippen LogP contribution in [0.3, 0.4) is 0 Å². The van der Waals surface area contributed by atoms with Gasteiger partial charge in [-0.2, -0.15) is 13.2 Å². The molecule has 1 atom stereocenters. The number of nitro benzene ring substituents is 1. The van der Waals surface area contributed by atoms with E-state index in [-0.39, 0.29) is 25.2 Å². The molecule has 1 aromatic rings. The molecule has 10 heteroatoms. The quantitative estimate of drug-likeness (QED) is 0.521. The van der Waals surface area contributed by atoms with Gasteiger partial charge in [-0.25, -0.2) is 0 Å². The third kappa shape index (κ3) is 6.10. The number of aliphatic hydroxyl groups excluding tert-OH is 1. The summed E-state index contributed by atoms with van der Waals surface area (Å²) in [5.41, 5.74) is -1.94. The summed E-state index contributed by atoms with van der Waals surface area (Å²) in [7, 11) is 0. The van der Waals surface area contributed by atoms with Crippen molar-refractivity contribution in [1.29, 1.82) is 0 Å². The number of hydrogen-bond donors (Lipinski definition) is 3. The van der Waals surface area contributed by atoms with E-state index in [1.54, 1.807) is 0 Å². The minimum Gasteiger partial charge on any atom is -0.392 e. The molecule has 128 valence electrons. The van der Waals surface area contributed by atoms with Crippen molar-refractivity contribution in [3.8, 4) is 0 Å². The van der Waals surface area contributed by atoms with Crippen LogP contribution >= 0.6 is 0 Å². The minimum atomic E-state index is -4.68. The molecule has 1 aromatic carbocycles. The van der Waals surface area contributed by atoms with Crippen molar-refractivity contribution < 1.29 is 28.0 Å². The zero-order valence-corrected chi connectivity index (χ0v) is 12.2. The van der Waals surface area contributed by atoms with E-state index in [1.165, 1.54) is 6.92 Å². The number of aliphatic hydroxyl groups is 1. The van der Waals surface area contributed by atoms with Crippen LogP contribution in [0.25, 0.3) is 0 Å². The third-order valence-corrected chi connectivity index (χ3v) is 2.78. The second-order valence-corrected chi connectivity index (χ2v) is 4.82. The lowest BCUT2D eigenvalue weighted by atomic mass is 10.1. The number of nitro groups is 1. The third-order valence-electron chi connectivity index (χ3n) is 2.78. The zero-order chi connectivity index (χ0) is 17.6. The summed E-state index contributed by atoms with van der Waals surface area (Å²) < 4.78 is 37.7. The highest BCUT2D eigenvalue weighted by molar-refractivity contribution is 5.76. The van der Waals surface area contributed by atoms with Crippen molar-refractivity contribution in [3.05, 3.63) is 33.9 Å². The monoisotopic (exact) mass is 335 g/mol. The van der Waals surface area contributed by atoms with Crippen LogP contribution in [0.15, 0.2) is 18.2 Å². The number of halogens is 3. The summed E-state index contributed by atoms with van der Waals surface area (Å²) in [6, 6.07) is 2.12. The Bertz CT molecular complexity index is 576. The fraction of sp³-hybridized carbons (Fsp3) is 0.462. The number of nitrogens with zero attached hydrogens (tertiary/aromatic N) is 1. The first kappa shape index (κ1) is 18.7. The Kier molecular flexibility index (Phi) is 6.31. The average molecular weight is 335 g/mol. The van der Waals surface area contributed by atoms with Gasteiger partial charge in [-0.1, -0.05) is 0 Å². The van der Waals surface area contributed by atoms with E-state index in [9.17, 15) is 28.1 Å². The highest BCUT2D eigenvalue weighted by Crippen LogP contribution is 2.34. The normalized spacial score (nSPS) is 12.6. The summed E-state index contributed by atoms with van der Waals surface area (Å²) >= 11 is 0. The maximum atomic E-state index is 12.6. The summed E-state index contributed by atoms with van der Waals surface area (Å²) in [6.45, 7) is 1.56. The molecule has 1 unspecified atom stereocenters. The fourth-order valence-corrected chi connectivity index (χ4v) is 1.67. The maximum Gasteiger partial charge on any atom is 0.416 e. The first-order valence-electron chi connectivity index (χ1n) is 6.65. The molecule has 0 aliphatic carbocycles. The fourth-order valence-electron chi connectivity index (χ4n) is 1.67. The highest BCUT2D eigenvalue weighted by Gasteiger charge is 2.32. The first-order chi connectivity index (χ1) is 10.6. The van der Waals surface area contributed by atoms with Gasteiger partial charge in [0.15, 0.2) is 0 Å². The molecule has 0 saturated carbocycles. The van der Waals surface area contributed by atoms with E-state index in [4.69, 9.17) is 5.11 Å². The number of amides is 1. The van der Waals surface area contributed by atoms with E-state index in [0.29, 0.717) is 6.07 Å². The van der Waals surface area contributed by atoms with Crippen molar-refractivity contribution >= 4 is 17.3 Å². The van der Waals surface area contributed by atoms with Crippen molar-refractivity contribution in [1.82, 2.24) is 5.32 Å². The smallest absolute Gasteiger partial charge is 0.392 e. The van der Waals surface area contributed by atoms with Gasteiger partial charge < -0.3 is 15.7 Å². The Morgan fingerprint density at radius 3 is 2.61 bits per heavy atom. The number of hydrogen-bond acceptors (Lipinski definition) is 5. The van der Waals surface area contributed by atoms with E-state index in [0.717, 1.165) is 12.1 Å². The van der Waals surface area contributed by atoms with Crippen LogP contribution in [0.2, 0.25) is 0 Å². The lowest BCUT2D eigenvalue weighted by Crippen LogP contribution is -2.31. The van der Waals surface area contributed by atoms with Gasteiger partial charge >= 0.3 is 6.18 Å². The molecule has 1 rings (SSSR count). The van der Waals surface area contributed by atoms with Gasteiger partial charge in [0.1, 0.15) is 5.69 Å². The molecule has 0 aliphatic rings. The van der Waals surface area contributed by atoms with Gasteiger partial charge in [0.2, 0.25) is 5.91 Å². The molecular weight excluding hydrogens is 319 g/mol. The van der Waals surface area contributed by atoms with Crippen molar-refractivity contribution in [3.63, 3.8) is 0 Å². The van der Waals surface area contributed by atoms with E-state index < -0.39 is 34.4 Å². The second kappa shape index (κ2) is 7.77. The average Bonchev–Trinajstić information content (AvgIpc) is 2.44. The number of carbonyl (C=O) groups excluding carboxylic acids is 1. The summed E-state index contributed by atoms with van der Waals surface area (Å²) in [4.78, 5) is 21.3. The van der Waals surface area contributed by atoms with E-state index in [2.05, 4.69) is 10.6 Å². The molecule has 0 aromatic heterocycles. The number of rotatable bonds is 7. The molecule has 0 saturated heterocycles. The maximum absolute atomic E-state index is 12.6. The van der Waals surface area contributed by atoms with Gasteiger partial charge in [0.05, 0.1) is 16.6 Å². The molecule has 23 heavy (non-hydrogen) atoms. The minimum absolute atomic E-state index is 0.00214. The van der Waals surface area contributed by atoms with Gasteiger partial charge in [-0.05, 0) is 19.1 Å². The molecule has 0 radical (unpaired) electrons. The van der Waals surface area contributed by atoms with E-state index >= 15 is 0 Å². The zero-order valence-electron chi connectivity index (χ0n) is 12.2. The Morgan fingerprint density at radius 2 is 2.09 bits per heavy atom. The molecule has 0 heterocycles. The van der Waals surface area contributed by atoms with Crippen LogP contribution < -0.4 is 10.6 Å². The Labute approximate surface area is 129 Å². The molecule has 3 N–H and O–H groups in total. The van der Waals surface area contributed by atoms with Crippen molar-refractivity contribution in [2.24, 2.45) is 0 Å². The lowest BCUT2D eigenvalue weighted by Gasteiger charge is -2.11.